The molecule has 3 heterocycles. The minimum atomic E-state index is -1.67. The minimum Gasteiger partial charge on any atom is -0.458 e. The standard InChI is InChI=1S/C40H62O14/c1-17-12-26(52-36(49)18(17)2)19(3)23-8-9-24-22-7-6-20-13-21(14-29(42)40(20,5)25(22)10-11-39(23,24)4)51-38-35(48)33(46)31(44)28(54-38)16-50-37-34(47)32(45)30(43)27(15-41)53-37/h6,19,21-35,37-38,41-48H,7-16H2,1-5H3/t19-,21+,22-,23+,24-,25-,26+,27+,28+,29-,30+,31+,32-,33-,34+,35+,37+,38+,39-,40-/m0/s1. The van der Waals surface area contributed by atoms with Crippen molar-refractivity contribution in [3.63, 3.8) is 0 Å². The van der Waals surface area contributed by atoms with Crippen LogP contribution >= 0.6 is 0 Å². The highest BCUT2D eigenvalue weighted by Crippen LogP contribution is 2.67. The first-order chi connectivity index (χ1) is 25.5. The van der Waals surface area contributed by atoms with Crippen LogP contribution < -0.4 is 0 Å². The molecule has 0 amide bonds. The van der Waals surface area contributed by atoms with Crippen LogP contribution in [0.25, 0.3) is 0 Å². The smallest absolute Gasteiger partial charge is 0.333 e. The van der Waals surface area contributed by atoms with Gasteiger partial charge in [0.25, 0.3) is 0 Å². The number of fused-ring (bicyclic) bond motifs is 5. The number of hydrogen-bond donors (Lipinski definition) is 8. The SMILES string of the molecule is CC1=C(C)C(=O)O[C@@H]([C@@H](C)[C@H]2CC[C@H]3[C@@H]4CC=C5C[C@@H](O[C@@H]6O[C@H](CO[C@@H]7O[C@H](CO)[C@@H](O)[C@H](O)[C@H]7O)[C@@H](O)[C@H](O)[C@H]6O)C[C@H](O)[C@]5(C)[C@H]4CC[C@@]23C)C1. The summed E-state index contributed by atoms with van der Waals surface area (Å²) in [6, 6.07) is 0. The molecule has 0 aromatic carbocycles. The number of cyclic esters (lactones) is 1. The largest absolute Gasteiger partial charge is 0.458 e. The molecule has 0 aromatic rings. The summed E-state index contributed by atoms with van der Waals surface area (Å²) >= 11 is 0. The van der Waals surface area contributed by atoms with Crippen molar-refractivity contribution in [3.8, 4) is 0 Å². The Morgan fingerprint density at radius 2 is 1.52 bits per heavy atom. The van der Waals surface area contributed by atoms with Crippen LogP contribution in [-0.2, 0) is 28.5 Å². The van der Waals surface area contributed by atoms with E-state index in [4.69, 9.17) is 23.7 Å². The highest BCUT2D eigenvalue weighted by Gasteiger charge is 2.62. The number of rotatable bonds is 8. The topological polar surface area (TPSA) is 225 Å². The Morgan fingerprint density at radius 3 is 2.20 bits per heavy atom. The number of ether oxygens (including phenoxy) is 5. The maximum Gasteiger partial charge on any atom is 0.333 e. The van der Waals surface area contributed by atoms with Gasteiger partial charge in [0.15, 0.2) is 12.6 Å². The van der Waals surface area contributed by atoms with Gasteiger partial charge in [0.1, 0.15) is 54.9 Å². The molecular weight excluding hydrogens is 704 g/mol. The van der Waals surface area contributed by atoms with Crippen LogP contribution in [0.2, 0.25) is 0 Å². The van der Waals surface area contributed by atoms with Gasteiger partial charge in [0.2, 0.25) is 0 Å². The van der Waals surface area contributed by atoms with Gasteiger partial charge in [-0.25, -0.2) is 4.79 Å². The minimum absolute atomic E-state index is 0.103. The molecule has 7 aliphatic rings. The molecule has 54 heavy (non-hydrogen) atoms. The van der Waals surface area contributed by atoms with Crippen molar-refractivity contribution >= 4 is 5.97 Å². The number of carbonyl (C=O) groups is 1. The lowest BCUT2D eigenvalue weighted by atomic mass is 9.46. The zero-order valence-electron chi connectivity index (χ0n) is 32.1. The Labute approximate surface area is 317 Å². The van der Waals surface area contributed by atoms with Crippen molar-refractivity contribution < 1.29 is 69.3 Å². The van der Waals surface area contributed by atoms with Crippen molar-refractivity contribution in [3.05, 3.63) is 22.8 Å². The van der Waals surface area contributed by atoms with E-state index in [0.717, 1.165) is 55.2 Å². The van der Waals surface area contributed by atoms with Crippen LogP contribution in [0.3, 0.4) is 0 Å². The summed E-state index contributed by atoms with van der Waals surface area (Å²) in [5.74, 6) is 1.72. The first kappa shape index (κ1) is 40.7. The van der Waals surface area contributed by atoms with E-state index in [1.807, 2.05) is 13.8 Å². The molecule has 0 radical (unpaired) electrons. The third-order valence-corrected chi connectivity index (χ3v) is 15.4. The Morgan fingerprint density at radius 1 is 0.852 bits per heavy atom. The number of carbonyl (C=O) groups excluding carboxylic acids is 1. The Bertz CT molecular complexity index is 1450. The number of aliphatic hydroxyl groups is 8. The van der Waals surface area contributed by atoms with Crippen LogP contribution in [0.15, 0.2) is 22.8 Å². The highest BCUT2D eigenvalue weighted by molar-refractivity contribution is 5.89. The summed E-state index contributed by atoms with van der Waals surface area (Å²) in [5, 5.41) is 84.3. The molecule has 306 valence electrons. The van der Waals surface area contributed by atoms with Gasteiger partial charge in [-0.05, 0) is 87.4 Å². The molecule has 7 rings (SSSR count). The monoisotopic (exact) mass is 766 g/mol. The molecule has 0 spiro atoms. The number of esters is 1. The molecule has 20 atom stereocenters. The predicted molar refractivity (Wildman–Crippen MR) is 190 cm³/mol. The van der Waals surface area contributed by atoms with E-state index in [1.165, 1.54) is 0 Å². The summed E-state index contributed by atoms with van der Waals surface area (Å²) in [4.78, 5) is 12.6. The third kappa shape index (κ3) is 6.73. The first-order valence-electron chi connectivity index (χ1n) is 20.0. The summed E-state index contributed by atoms with van der Waals surface area (Å²) in [6.07, 6.45) is -7.38. The van der Waals surface area contributed by atoms with Crippen LogP contribution in [0.5, 0.6) is 0 Å². The molecule has 8 N–H and O–H groups in total. The molecule has 5 fully saturated rings. The lowest BCUT2D eigenvalue weighted by Gasteiger charge is -2.60. The zero-order chi connectivity index (χ0) is 39.0. The van der Waals surface area contributed by atoms with E-state index in [0.29, 0.717) is 30.1 Å². The average Bonchev–Trinajstić information content (AvgIpc) is 3.50. The summed E-state index contributed by atoms with van der Waals surface area (Å²) in [7, 11) is 0. The fourth-order valence-electron chi connectivity index (χ4n) is 11.9. The molecule has 2 saturated heterocycles. The number of allylic oxidation sites excluding steroid dienone is 1. The summed E-state index contributed by atoms with van der Waals surface area (Å²) < 4.78 is 29.1. The van der Waals surface area contributed by atoms with Crippen LogP contribution in [0.1, 0.15) is 86.0 Å². The van der Waals surface area contributed by atoms with E-state index in [1.54, 1.807) is 0 Å². The lowest BCUT2D eigenvalue weighted by molar-refractivity contribution is -0.337. The van der Waals surface area contributed by atoms with Gasteiger partial charge < -0.3 is 64.5 Å². The van der Waals surface area contributed by atoms with Gasteiger partial charge >= 0.3 is 5.97 Å². The Balaban J connectivity index is 1.00. The van der Waals surface area contributed by atoms with Gasteiger partial charge in [-0.2, -0.15) is 0 Å². The molecule has 0 unspecified atom stereocenters. The third-order valence-electron chi connectivity index (χ3n) is 15.4. The van der Waals surface area contributed by atoms with Gasteiger partial charge in [0.05, 0.1) is 25.4 Å². The van der Waals surface area contributed by atoms with Crippen molar-refractivity contribution in [1.82, 2.24) is 0 Å². The molecule has 4 aliphatic carbocycles. The van der Waals surface area contributed by atoms with Gasteiger partial charge in [-0.3, -0.25) is 0 Å². The van der Waals surface area contributed by atoms with Crippen LogP contribution in [0, 0.1) is 40.4 Å². The van der Waals surface area contributed by atoms with Gasteiger partial charge in [-0.1, -0.05) is 38.0 Å². The predicted octanol–water partition coefficient (Wildman–Crippen LogP) is 0.834. The molecule has 3 aliphatic heterocycles. The molecule has 14 heteroatoms. The first-order valence-corrected chi connectivity index (χ1v) is 20.0. The van der Waals surface area contributed by atoms with Crippen LogP contribution in [0.4, 0.5) is 0 Å². The maximum absolute atomic E-state index is 12.6. The van der Waals surface area contributed by atoms with Crippen molar-refractivity contribution in [1.29, 1.82) is 0 Å². The van der Waals surface area contributed by atoms with E-state index in [9.17, 15) is 45.6 Å². The second-order valence-corrected chi connectivity index (χ2v) is 18.0. The molecule has 3 saturated carbocycles. The van der Waals surface area contributed by atoms with E-state index in [-0.39, 0.29) is 29.8 Å². The van der Waals surface area contributed by atoms with Gasteiger partial charge in [0, 0.05) is 23.8 Å². The maximum atomic E-state index is 12.6. The number of aliphatic hydroxyl groups excluding tert-OH is 8. The molecule has 0 aromatic heterocycles. The highest BCUT2D eigenvalue weighted by atomic mass is 16.7. The zero-order valence-corrected chi connectivity index (χ0v) is 32.1. The Hall–Kier alpha value is -1.53. The Kier molecular flexibility index (Phi) is 11.5. The van der Waals surface area contributed by atoms with Crippen molar-refractivity contribution in [2.24, 2.45) is 40.4 Å². The van der Waals surface area contributed by atoms with Gasteiger partial charge in [-0.15, -0.1) is 0 Å². The molecule has 0 bridgehead atoms. The second kappa shape index (κ2) is 15.3. The lowest BCUT2D eigenvalue weighted by Crippen LogP contribution is -2.62. The average molecular weight is 767 g/mol. The van der Waals surface area contributed by atoms with E-state index in [2.05, 4.69) is 26.8 Å². The molecule has 14 nitrogen and oxygen atoms in total. The van der Waals surface area contributed by atoms with Crippen molar-refractivity contribution in [2.45, 2.75) is 166 Å². The summed E-state index contributed by atoms with van der Waals surface area (Å²) in [5.41, 5.74) is 2.65. The normalized spacial score (nSPS) is 51.5. The fourth-order valence-corrected chi connectivity index (χ4v) is 11.9. The van der Waals surface area contributed by atoms with Crippen molar-refractivity contribution in [2.75, 3.05) is 13.2 Å². The summed E-state index contributed by atoms with van der Waals surface area (Å²) in [6.45, 7) is 9.70. The fraction of sp³-hybridized carbons (Fsp3) is 0.875. The second-order valence-electron chi connectivity index (χ2n) is 18.0. The number of hydrogen-bond acceptors (Lipinski definition) is 14. The van der Waals surface area contributed by atoms with E-state index >= 15 is 0 Å². The van der Waals surface area contributed by atoms with Crippen LogP contribution in [-0.4, -0.2) is 140 Å². The quantitative estimate of drug-likeness (QED) is 0.127. The van der Waals surface area contributed by atoms with E-state index < -0.39 is 92.2 Å². The molecular formula is C40H62O14.